The second-order valence-corrected chi connectivity index (χ2v) is 6.44. The number of aliphatic hydroxyl groups is 1. The molecular weight excluding hydrogens is 384 g/mol. The van der Waals surface area contributed by atoms with Crippen molar-refractivity contribution in [3.63, 3.8) is 0 Å². The molecule has 28 heavy (non-hydrogen) atoms. The van der Waals surface area contributed by atoms with Gasteiger partial charge >= 0.3 is 0 Å². The molecule has 0 fully saturated rings. The van der Waals surface area contributed by atoms with E-state index in [0.29, 0.717) is 16.8 Å². The highest BCUT2D eigenvalue weighted by Crippen LogP contribution is 2.27. The van der Waals surface area contributed by atoms with E-state index in [0.717, 1.165) is 0 Å². The minimum Gasteiger partial charge on any atom is -0.508 e. The van der Waals surface area contributed by atoms with E-state index in [2.05, 4.69) is 16.2 Å². The fourth-order valence-electron chi connectivity index (χ4n) is 2.38. The zero-order valence-electron chi connectivity index (χ0n) is 15.2. The standard InChI is InChI=1S/C19H19ClN4O4/c1-10-15(8-5-13(9-21)16(10)20)22-17(11(2)25)19(28)24-23-18(27)12-3-6-14(26)7-4-12/h3-8,11,17,22,25-26H,1-2H3,(H,23,27)(H,24,28)/t11-,17-/m1/s1. The molecule has 2 amide bonds. The second-order valence-electron chi connectivity index (χ2n) is 6.06. The van der Waals surface area contributed by atoms with Crippen LogP contribution in [0.2, 0.25) is 5.02 Å². The van der Waals surface area contributed by atoms with E-state index in [-0.39, 0.29) is 16.3 Å². The zero-order valence-corrected chi connectivity index (χ0v) is 15.9. The van der Waals surface area contributed by atoms with E-state index >= 15 is 0 Å². The molecular formula is C19H19ClN4O4. The molecule has 9 heteroatoms. The zero-order chi connectivity index (χ0) is 20.8. The molecule has 0 aliphatic rings. The first-order valence-corrected chi connectivity index (χ1v) is 8.65. The van der Waals surface area contributed by atoms with Crippen LogP contribution in [0.4, 0.5) is 5.69 Å². The van der Waals surface area contributed by atoms with Crippen LogP contribution in [0.15, 0.2) is 36.4 Å². The summed E-state index contributed by atoms with van der Waals surface area (Å²) in [4.78, 5) is 24.5. The van der Waals surface area contributed by atoms with Crippen molar-refractivity contribution in [1.29, 1.82) is 5.26 Å². The first kappa shape index (κ1) is 21.0. The SMILES string of the molecule is Cc1c(N[C@@H](C(=O)NNC(=O)c2ccc(O)cc2)[C@@H](C)O)ccc(C#N)c1Cl. The Bertz CT molecular complexity index is 923. The van der Waals surface area contributed by atoms with Crippen molar-refractivity contribution in [2.75, 3.05) is 5.32 Å². The van der Waals surface area contributed by atoms with Gasteiger partial charge < -0.3 is 15.5 Å². The van der Waals surface area contributed by atoms with E-state index in [1.165, 1.54) is 37.3 Å². The summed E-state index contributed by atoms with van der Waals surface area (Å²) >= 11 is 6.12. The monoisotopic (exact) mass is 402 g/mol. The van der Waals surface area contributed by atoms with Crippen LogP contribution in [0.5, 0.6) is 5.75 Å². The van der Waals surface area contributed by atoms with Crippen LogP contribution in [0.3, 0.4) is 0 Å². The van der Waals surface area contributed by atoms with Gasteiger partial charge in [0.1, 0.15) is 17.9 Å². The van der Waals surface area contributed by atoms with Gasteiger partial charge in [0, 0.05) is 11.3 Å². The molecule has 0 spiro atoms. The number of phenols is 1. The number of aromatic hydroxyl groups is 1. The van der Waals surface area contributed by atoms with Gasteiger partial charge in [0.25, 0.3) is 11.8 Å². The maximum atomic E-state index is 12.4. The van der Waals surface area contributed by atoms with Crippen LogP contribution < -0.4 is 16.2 Å². The van der Waals surface area contributed by atoms with Crippen LogP contribution in [0.1, 0.15) is 28.4 Å². The third kappa shape index (κ3) is 4.91. The number of hydrazine groups is 1. The minimum atomic E-state index is -1.10. The number of benzene rings is 2. The topological polar surface area (TPSA) is 134 Å². The van der Waals surface area contributed by atoms with Crippen LogP contribution in [0, 0.1) is 18.3 Å². The van der Waals surface area contributed by atoms with Gasteiger partial charge in [-0.15, -0.1) is 0 Å². The molecule has 0 aliphatic carbocycles. The number of hydrogen-bond donors (Lipinski definition) is 5. The smallest absolute Gasteiger partial charge is 0.269 e. The van der Waals surface area contributed by atoms with Crippen molar-refractivity contribution in [2.45, 2.75) is 26.0 Å². The van der Waals surface area contributed by atoms with Gasteiger partial charge in [-0.1, -0.05) is 11.6 Å². The average molecular weight is 403 g/mol. The van der Waals surface area contributed by atoms with E-state index in [1.807, 2.05) is 6.07 Å². The number of nitrogens with one attached hydrogen (secondary N) is 3. The molecule has 0 bridgehead atoms. The van der Waals surface area contributed by atoms with Gasteiger partial charge in [-0.25, -0.2) is 0 Å². The number of carbonyl (C=O) groups excluding carboxylic acids is 2. The van der Waals surface area contributed by atoms with Gasteiger partial charge in [-0.2, -0.15) is 5.26 Å². The molecule has 0 aliphatic heterocycles. The van der Waals surface area contributed by atoms with Gasteiger partial charge in [0.2, 0.25) is 0 Å². The largest absolute Gasteiger partial charge is 0.508 e. The molecule has 8 nitrogen and oxygen atoms in total. The van der Waals surface area contributed by atoms with E-state index in [4.69, 9.17) is 16.9 Å². The van der Waals surface area contributed by atoms with Crippen molar-refractivity contribution in [1.82, 2.24) is 10.9 Å². The summed E-state index contributed by atoms with van der Waals surface area (Å²) in [5.41, 5.74) is 6.03. The Morgan fingerprint density at radius 2 is 1.79 bits per heavy atom. The van der Waals surface area contributed by atoms with E-state index < -0.39 is 24.0 Å². The van der Waals surface area contributed by atoms with Crippen molar-refractivity contribution >= 4 is 29.1 Å². The number of anilines is 1. The van der Waals surface area contributed by atoms with Gasteiger partial charge in [-0.3, -0.25) is 20.4 Å². The lowest BCUT2D eigenvalue weighted by Gasteiger charge is -2.23. The predicted octanol–water partition coefficient (Wildman–Crippen LogP) is 1.85. The Labute approximate surface area is 166 Å². The number of nitriles is 1. The summed E-state index contributed by atoms with van der Waals surface area (Å²) in [6.07, 6.45) is -1.10. The van der Waals surface area contributed by atoms with Crippen LogP contribution >= 0.6 is 11.6 Å². The molecule has 0 heterocycles. The molecule has 0 unspecified atom stereocenters. The third-order valence-corrected chi connectivity index (χ3v) is 4.50. The molecule has 2 rings (SSSR count). The van der Waals surface area contributed by atoms with E-state index in [9.17, 15) is 19.8 Å². The first-order valence-electron chi connectivity index (χ1n) is 8.27. The van der Waals surface area contributed by atoms with Crippen molar-refractivity contribution in [2.24, 2.45) is 0 Å². The minimum absolute atomic E-state index is 0.00963. The Morgan fingerprint density at radius 1 is 1.14 bits per heavy atom. The number of nitrogens with zero attached hydrogens (tertiary/aromatic N) is 1. The number of rotatable bonds is 5. The third-order valence-electron chi connectivity index (χ3n) is 4.01. The Balaban J connectivity index is 2.08. The Kier molecular flexibility index (Phi) is 6.82. The number of phenolic OH excluding ortho intramolecular Hbond substituents is 1. The van der Waals surface area contributed by atoms with Crippen LogP contribution in [0.25, 0.3) is 0 Å². The quantitative estimate of drug-likeness (QED) is 0.484. The highest BCUT2D eigenvalue weighted by molar-refractivity contribution is 6.32. The highest BCUT2D eigenvalue weighted by Gasteiger charge is 2.25. The second kappa shape index (κ2) is 9.08. The molecule has 0 aromatic heterocycles. The first-order chi connectivity index (χ1) is 13.2. The molecule has 5 N–H and O–H groups in total. The van der Waals surface area contributed by atoms with Crippen molar-refractivity contribution < 1.29 is 19.8 Å². The fraction of sp³-hybridized carbons (Fsp3) is 0.211. The van der Waals surface area contributed by atoms with Gasteiger partial charge in [0.15, 0.2) is 0 Å². The summed E-state index contributed by atoms with van der Waals surface area (Å²) in [7, 11) is 0. The van der Waals surface area contributed by atoms with Crippen LogP contribution in [-0.4, -0.2) is 34.2 Å². The summed E-state index contributed by atoms with van der Waals surface area (Å²) in [6.45, 7) is 3.09. The lowest BCUT2D eigenvalue weighted by molar-refractivity contribution is -0.124. The lowest BCUT2D eigenvalue weighted by Crippen LogP contribution is -2.52. The number of amides is 2. The molecule has 2 atom stereocenters. The summed E-state index contributed by atoms with van der Waals surface area (Å²) in [6, 6.07) is 9.42. The normalized spacial score (nSPS) is 12.4. The van der Waals surface area contributed by atoms with Crippen molar-refractivity contribution in [3.8, 4) is 11.8 Å². The molecule has 0 radical (unpaired) electrons. The molecule has 2 aromatic rings. The highest BCUT2D eigenvalue weighted by atomic mass is 35.5. The maximum absolute atomic E-state index is 12.4. The molecule has 146 valence electrons. The average Bonchev–Trinajstić information content (AvgIpc) is 2.67. The van der Waals surface area contributed by atoms with Gasteiger partial charge in [-0.05, 0) is 55.8 Å². The van der Waals surface area contributed by atoms with Crippen molar-refractivity contribution in [3.05, 3.63) is 58.1 Å². The molecule has 0 saturated heterocycles. The van der Waals surface area contributed by atoms with E-state index in [1.54, 1.807) is 13.0 Å². The number of halogens is 1. The Hall–Kier alpha value is -3.28. The number of hydrogen-bond acceptors (Lipinski definition) is 6. The lowest BCUT2D eigenvalue weighted by atomic mass is 10.1. The summed E-state index contributed by atoms with van der Waals surface area (Å²) in [5.74, 6) is -1.26. The van der Waals surface area contributed by atoms with Crippen LogP contribution in [-0.2, 0) is 4.79 Å². The molecule has 2 aromatic carbocycles. The van der Waals surface area contributed by atoms with Gasteiger partial charge in [0.05, 0.1) is 16.7 Å². The maximum Gasteiger partial charge on any atom is 0.269 e. The summed E-state index contributed by atoms with van der Waals surface area (Å²) < 4.78 is 0. The summed E-state index contributed by atoms with van der Waals surface area (Å²) in [5, 5.41) is 31.3. The number of aliphatic hydroxyl groups excluding tert-OH is 1. The Morgan fingerprint density at radius 3 is 2.36 bits per heavy atom. The fourth-order valence-corrected chi connectivity index (χ4v) is 2.59. The predicted molar refractivity (Wildman–Crippen MR) is 104 cm³/mol. The molecule has 0 saturated carbocycles. The number of carbonyl (C=O) groups is 2.